The van der Waals surface area contributed by atoms with Crippen LogP contribution in [0.2, 0.25) is 0 Å². The minimum Gasteiger partial charge on any atom is -0.504 e. The van der Waals surface area contributed by atoms with E-state index >= 15 is 0 Å². The van der Waals surface area contributed by atoms with Crippen LogP contribution in [0.5, 0.6) is 17.2 Å². The maximum atomic E-state index is 13.0. The number of aromatic hydroxyl groups is 1. The highest BCUT2D eigenvalue weighted by molar-refractivity contribution is 5.93. The van der Waals surface area contributed by atoms with Crippen LogP contribution in [0.3, 0.4) is 0 Å². The molecular formula is C27H34N2O7. The van der Waals surface area contributed by atoms with Gasteiger partial charge in [-0.1, -0.05) is 18.2 Å². The van der Waals surface area contributed by atoms with E-state index in [0.29, 0.717) is 62.8 Å². The summed E-state index contributed by atoms with van der Waals surface area (Å²) in [5.41, 5.74) is 1.69. The van der Waals surface area contributed by atoms with Gasteiger partial charge in [0.2, 0.25) is 0 Å². The number of nitrogens with zero attached hydrogens (tertiary/aromatic N) is 2. The van der Waals surface area contributed by atoms with Gasteiger partial charge in [0.05, 0.1) is 20.3 Å². The number of benzene rings is 1. The zero-order chi connectivity index (χ0) is 25.5. The molecule has 1 aromatic heterocycles. The van der Waals surface area contributed by atoms with E-state index in [1.165, 1.54) is 20.3 Å². The van der Waals surface area contributed by atoms with Crippen LogP contribution >= 0.6 is 0 Å². The molecule has 1 N–H and O–H groups in total. The number of hydrogen-bond acceptors (Lipinski definition) is 8. The van der Waals surface area contributed by atoms with Crippen molar-refractivity contribution in [2.45, 2.75) is 38.3 Å². The molecule has 0 unspecified atom stereocenters. The first-order valence-electron chi connectivity index (χ1n) is 12.4. The molecule has 0 amide bonds. The van der Waals surface area contributed by atoms with E-state index in [1.54, 1.807) is 16.7 Å². The third kappa shape index (κ3) is 6.09. The van der Waals surface area contributed by atoms with Crippen LogP contribution < -0.4 is 15.0 Å². The SMILES string of the molecule is COC(=O)c1c(OC[C@@H]2CCCCO2)cc(=O)n2c1CCN(C/C=C/c1ccc(O)c(OC)c1)CC2. The number of aromatic nitrogens is 1. The largest absolute Gasteiger partial charge is 0.504 e. The van der Waals surface area contributed by atoms with Gasteiger partial charge >= 0.3 is 5.97 Å². The molecule has 1 fully saturated rings. The third-order valence-corrected chi connectivity index (χ3v) is 6.65. The second kappa shape index (κ2) is 12.1. The van der Waals surface area contributed by atoms with E-state index in [-0.39, 0.29) is 23.2 Å². The second-order valence-corrected chi connectivity index (χ2v) is 9.00. The highest BCUT2D eigenvalue weighted by Crippen LogP contribution is 2.27. The molecule has 1 atom stereocenters. The molecule has 1 aromatic carbocycles. The molecule has 2 aliphatic rings. The Labute approximate surface area is 210 Å². The van der Waals surface area contributed by atoms with Crippen LogP contribution in [-0.2, 0) is 22.4 Å². The fraction of sp³-hybridized carbons (Fsp3) is 0.481. The molecule has 0 saturated carbocycles. The first kappa shape index (κ1) is 25.8. The Morgan fingerprint density at radius 1 is 1.17 bits per heavy atom. The van der Waals surface area contributed by atoms with E-state index in [9.17, 15) is 14.7 Å². The smallest absolute Gasteiger partial charge is 0.343 e. The molecule has 9 heteroatoms. The molecule has 2 aromatic rings. The minimum atomic E-state index is -0.507. The third-order valence-electron chi connectivity index (χ3n) is 6.65. The lowest BCUT2D eigenvalue weighted by Crippen LogP contribution is -2.30. The maximum Gasteiger partial charge on any atom is 0.343 e. The van der Waals surface area contributed by atoms with Crippen molar-refractivity contribution in [3.8, 4) is 17.2 Å². The maximum absolute atomic E-state index is 13.0. The monoisotopic (exact) mass is 498 g/mol. The van der Waals surface area contributed by atoms with Crippen LogP contribution in [0.25, 0.3) is 6.08 Å². The lowest BCUT2D eigenvalue weighted by molar-refractivity contribution is -0.0114. The standard InChI is InChI=1S/C27H34N2O7/c1-33-23-16-19(8-9-22(23)30)6-5-11-28-12-10-21-26(27(32)34-2)24(17-25(31)29(21)14-13-28)36-18-20-7-3-4-15-35-20/h5-6,8-9,16-17,20,30H,3-4,7,10-15,18H2,1-2H3/b6-5+/t20-/m0/s1. The van der Waals surface area contributed by atoms with Crippen LogP contribution in [-0.4, -0.2) is 73.7 Å². The van der Waals surface area contributed by atoms with Gasteiger partial charge in [-0.2, -0.15) is 0 Å². The molecular weight excluding hydrogens is 464 g/mol. The molecule has 0 aliphatic carbocycles. The van der Waals surface area contributed by atoms with Crippen LogP contribution in [0.4, 0.5) is 0 Å². The number of esters is 1. The fourth-order valence-corrected chi connectivity index (χ4v) is 4.67. The number of methoxy groups -OCH3 is 2. The number of fused-ring (bicyclic) bond motifs is 1. The number of carbonyl (C=O) groups is 1. The van der Waals surface area contributed by atoms with Gasteiger partial charge in [-0.3, -0.25) is 9.69 Å². The number of carbonyl (C=O) groups excluding carboxylic acids is 1. The van der Waals surface area contributed by atoms with Crippen molar-refractivity contribution in [3.05, 3.63) is 57.5 Å². The Bertz CT molecular complexity index is 1150. The van der Waals surface area contributed by atoms with E-state index in [4.69, 9.17) is 18.9 Å². The highest BCUT2D eigenvalue weighted by Gasteiger charge is 2.26. The summed E-state index contributed by atoms with van der Waals surface area (Å²) >= 11 is 0. The second-order valence-electron chi connectivity index (χ2n) is 9.00. The lowest BCUT2D eigenvalue weighted by atomic mass is 10.1. The topological polar surface area (TPSA) is 99.5 Å². The van der Waals surface area contributed by atoms with Crippen molar-refractivity contribution in [1.82, 2.24) is 9.47 Å². The van der Waals surface area contributed by atoms with Gasteiger partial charge in [-0.05, 0) is 37.0 Å². The highest BCUT2D eigenvalue weighted by atomic mass is 16.5. The van der Waals surface area contributed by atoms with Crippen molar-refractivity contribution in [3.63, 3.8) is 0 Å². The first-order chi connectivity index (χ1) is 17.5. The van der Waals surface area contributed by atoms with Crippen molar-refractivity contribution in [2.24, 2.45) is 0 Å². The van der Waals surface area contributed by atoms with Gasteiger partial charge in [-0.25, -0.2) is 4.79 Å². The number of ether oxygens (including phenoxy) is 4. The summed E-state index contributed by atoms with van der Waals surface area (Å²) in [5.74, 6) is 0.279. The van der Waals surface area contributed by atoms with Gasteiger partial charge in [0, 0.05) is 51.0 Å². The Morgan fingerprint density at radius 2 is 2.03 bits per heavy atom. The Kier molecular flexibility index (Phi) is 8.66. The van der Waals surface area contributed by atoms with Gasteiger partial charge in [0.15, 0.2) is 11.5 Å². The number of pyridine rings is 1. The van der Waals surface area contributed by atoms with E-state index in [2.05, 4.69) is 4.90 Å². The molecule has 2 aliphatic heterocycles. The number of rotatable bonds is 8. The molecule has 194 valence electrons. The van der Waals surface area contributed by atoms with E-state index in [0.717, 1.165) is 24.8 Å². The summed E-state index contributed by atoms with van der Waals surface area (Å²) in [6.45, 7) is 3.46. The van der Waals surface area contributed by atoms with Crippen LogP contribution in [0.15, 0.2) is 35.1 Å². The zero-order valence-corrected chi connectivity index (χ0v) is 20.9. The summed E-state index contributed by atoms with van der Waals surface area (Å²) in [4.78, 5) is 28.0. The number of hydrogen-bond donors (Lipinski definition) is 1. The van der Waals surface area contributed by atoms with Crippen molar-refractivity contribution < 1.29 is 28.8 Å². The molecule has 0 spiro atoms. The average molecular weight is 499 g/mol. The summed E-state index contributed by atoms with van der Waals surface area (Å²) in [5, 5.41) is 9.77. The Morgan fingerprint density at radius 3 is 2.78 bits per heavy atom. The van der Waals surface area contributed by atoms with Crippen molar-refractivity contribution in [1.29, 1.82) is 0 Å². The molecule has 0 bridgehead atoms. The van der Waals surface area contributed by atoms with Gasteiger partial charge in [0.1, 0.15) is 17.9 Å². The minimum absolute atomic E-state index is 0.0401. The first-order valence-corrected chi connectivity index (χ1v) is 12.4. The van der Waals surface area contributed by atoms with Crippen LogP contribution in [0.1, 0.15) is 40.9 Å². The van der Waals surface area contributed by atoms with Crippen molar-refractivity contribution >= 4 is 12.0 Å². The van der Waals surface area contributed by atoms with Crippen LogP contribution in [0, 0.1) is 0 Å². The molecule has 3 heterocycles. The Balaban J connectivity index is 1.48. The average Bonchev–Trinajstić information content (AvgIpc) is 3.12. The molecule has 0 radical (unpaired) electrons. The summed E-state index contributed by atoms with van der Waals surface area (Å²) in [7, 11) is 2.85. The zero-order valence-electron chi connectivity index (χ0n) is 20.9. The predicted octanol–water partition coefficient (Wildman–Crippen LogP) is 2.87. The lowest BCUT2D eigenvalue weighted by Gasteiger charge is -2.24. The van der Waals surface area contributed by atoms with Crippen molar-refractivity contribution in [2.75, 3.05) is 47.1 Å². The quantitative estimate of drug-likeness (QED) is 0.555. The fourth-order valence-electron chi connectivity index (χ4n) is 4.67. The Hall–Kier alpha value is -3.30. The molecule has 4 rings (SSSR count). The normalized spacial score (nSPS) is 18.4. The van der Waals surface area contributed by atoms with Gasteiger partial charge < -0.3 is 28.6 Å². The summed E-state index contributed by atoms with van der Waals surface area (Å²) in [6.07, 6.45) is 7.49. The van der Waals surface area contributed by atoms with Gasteiger partial charge in [-0.15, -0.1) is 0 Å². The van der Waals surface area contributed by atoms with E-state index in [1.807, 2.05) is 18.2 Å². The molecule has 9 nitrogen and oxygen atoms in total. The van der Waals surface area contributed by atoms with E-state index < -0.39 is 5.97 Å². The number of phenolic OH excluding ortho intramolecular Hbond substituents is 1. The number of phenols is 1. The summed E-state index contributed by atoms with van der Waals surface area (Å²) < 4.78 is 23.6. The predicted molar refractivity (Wildman–Crippen MR) is 135 cm³/mol. The molecule has 36 heavy (non-hydrogen) atoms. The summed E-state index contributed by atoms with van der Waals surface area (Å²) in [6, 6.07) is 6.58. The molecule has 1 saturated heterocycles. The van der Waals surface area contributed by atoms with Gasteiger partial charge in [0.25, 0.3) is 5.56 Å².